The lowest BCUT2D eigenvalue weighted by Crippen LogP contribution is -2.24. The molecule has 0 radical (unpaired) electrons. The summed E-state index contributed by atoms with van der Waals surface area (Å²) in [6, 6.07) is 6.62. The molecule has 0 bridgehead atoms. The molecule has 0 heterocycles. The summed E-state index contributed by atoms with van der Waals surface area (Å²) in [6.45, 7) is 1.34. The number of carbonyl (C=O) groups excluding carboxylic acids is 2. The van der Waals surface area contributed by atoms with Crippen molar-refractivity contribution in [1.29, 1.82) is 0 Å². The normalized spacial score (nSPS) is 15.1. The molecular weight excluding hydrogens is 274 g/mol. The molecule has 0 atom stereocenters. The van der Waals surface area contributed by atoms with Crippen LogP contribution in [0.1, 0.15) is 27.6 Å². The van der Waals surface area contributed by atoms with E-state index in [0.717, 1.165) is 5.01 Å². The molecule has 1 aliphatic rings. The van der Waals surface area contributed by atoms with Gasteiger partial charge in [-0.25, -0.2) is 0 Å². The van der Waals surface area contributed by atoms with E-state index in [1.54, 1.807) is 31.2 Å². The molecular formula is C14H15N3O4. The number of rotatable bonds is 4. The van der Waals surface area contributed by atoms with Gasteiger partial charge in [0.25, 0.3) is 0 Å². The van der Waals surface area contributed by atoms with Crippen LogP contribution in [0.5, 0.6) is 0 Å². The molecule has 0 saturated carbocycles. The Hall–Kier alpha value is -2.70. The van der Waals surface area contributed by atoms with Gasteiger partial charge in [0.05, 0.1) is 19.1 Å². The van der Waals surface area contributed by atoms with Crippen LogP contribution in [0.4, 0.5) is 0 Å². The third-order valence-corrected chi connectivity index (χ3v) is 3.16. The van der Waals surface area contributed by atoms with Gasteiger partial charge in [-0.2, -0.15) is 5.01 Å². The lowest BCUT2D eigenvalue weighted by atomic mass is 9.85. The van der Waals surface area contributed by atoms with E-state index in [1.807, 2.05) is 0 Å². The average molecular weight is 289 g/mol. The molecule has 0 amide bonds. The predicted molar refractivity (Wildman–Crippen MR) is 73.5 cm³/mol. The summed E-state index contributed by atoms with van der Waals surface area (Å²) in [4.78, 5) is 29.7. The van der Waals surface area contributed by atoms with E-state index in [-0.39, 0.29) is 28.7 Å². The van der Waals surface area contributed by atoms with Gasteiger partial charge in [0.1, 0.15) is 0 Å². The van der Waals surface area contributed by atoms with Crippen LogP contribution in [0.2, 0.25) is 0 Å². The fraction of sp³-hybridized carbons (Fsp3) is 0.286. The van der Waals surface area contributed by atoms with Crippen LogP contribution in [0.25, 0.3) is 0 Å². The number of carbonyl (C=O) groups is 2. The van der Waals surface area contributed by atoms with E-state index >= 15 is 0 Å². The maximum absolute atomic E-state index is 12.3. The Balaban J connectivity index is 2.25. The molecule has 2 rings (SSSR count). The summed E-state index contributed by atoms with van der Waals surface area (Å²) >= 11 is 0. The van der Waals surface area contributed by atoms with Gasteiger partial charge < -0.3 is 10.0 Å². The van der Waals surface area contributed by atoms with Gasteiger partial charge in [0.2, 0.25) is 5.28 Å². The first-order valence-corrected chi connectivity index (χ1v) is 6.29. The number of ketones is 2. The van der Waals surface area contributed by atoms with Crippen molar-refractivity contribution in [2.45, 2.75) is 6.92 Å². The third kappa shape index (κ3) is 2.76. The minimum Gasteiger partial charge on any atom is -0.569 e. The van der Waals surface area contributed by atoms with Crippen LogP contribution < -0.4 is 0 Å². The quantitative estimate of drug-likeness (QED) is 0.479. The molecule has 7 nitrogen and oxygen atoms in total. The lowest BCUT2D eigenvalue weighted by molar-refractivity contribution is -0.699. The van der Waals surface area contributed by atoms with Crippen molar-refractivity contribution in [3.05, 3.63) is 51.7 Å². The molecule has 0 aliphatic heterocycles. The summed E-state index contributed by atoms with van der Waals surface area (Å²) in [5.41, 5.74) is 1.27. The van der Waals surface area contributed by atoms with Crippen LogP contribution in [0, 0.1) is 5.21 Å². The van der Waals surface area contributed by atoms with Crippen molar-refractivity contribution in [2.75, 3.05) is 20.7 Å². The molecule has 1 aromatic carbocycles. The van der Waals surface area contributed by atoms with Crippen LogP contribution in [-0.2, 0) is 4.84 Å². The Kier molecular flexibility index (Phi) is 4.02. The molecule has 1 aromatic rings. The number of hydrogen-bond acceptors (Lipinski definition) is 5. The molecule has 0 N–H and O–H groups in total. The fourth-order valence-electron chi connectivity index (χ4n) is 1.94. The van der Waals surface area contributed by atoms with E-state index in [1.165, 1.54) is 14.1 Å². The summed E-state index contributed by atoms with van der Waals surface area (Å²) in [5.74, 6) is -0.490. The van der Waals surface area contributed by atoms with E-state index in [9.17, 15) is 14.8 Å². The predicted octanol–water partition coefficient (Wildman–Crippen LogP) is 1.75. The molecule has 0 spiro atoms. The highest BCUT2D eigenvalue weighted by atomic mass is 16.7. The monoisotopic (exact) mass is 289 g/mol. The number of Topliss-reactive ketones (excluding diaryl/α,β-unsaturated/α-hetero) is 2. The molecule has 0 unspecified atom stereocenters. The second kappa shape index (κ2) is 5.74. The fourth-order valence-corrected chi connectivity index (χ4v) is 1.94. The van der Waals surface area contributed by atoms with E-state index in [2.05, 4.69) is 5.28 Å². The van der Waals surface area contributed by atoms with Gasteiger partial charge in [-0.05, 0) is 6.92 Å². The smallest absolute Gasteiger partial charge is 0.233 e. The maximum atomic E-state index is 12.3. The van der Waals surface area contributed by atoms with Crippen LogP contribution >= 0.6 is 0 Å². The Bertz CT molecular complexity index is 662. The highest BCUT2D eigenvalue weighted by Gasteiger charge is 2.29. The summed E-state index contributed by atoms with van der Waals surface area (Å²) < 4.78 is 0. The topological polar surface area (TPSA) is 85.0 Å². The molecule has 7 heteroatoms. The number of nitrogens with zero attached hydrogens (tertiary/aromatic N) is 3. The summed E-state index contributed by atoms with van der Waals surface area (Å²) in [5, 5.41) is 15.6. The molecule has 0 fully saturated rings. The number of allylic oxidation sites excluding steroid dienone is 1. The minimum absolute atomic E-state index is 0.213. The Morgan fingerprint density at radius 3 is 2.33 bits per heavy atom. The van der Waals surface area contributed by atoms with E-state index in [4.69, 9.17) is 4.84 Å². The largest absolute Gasteiger partial charge is 0.569 e. The van der Waals surface area contributed by atoms with Crippen molar-refractivity contribution in [2.24, 2.45) is 5.28 Å². The highest BCUT2D eigenvalue weighted by molar-refractivity contribution is 6.26. The average Bonchev–Trinajstić information content (AvgIpc) is 2.48. The van der Waals surface area contributed by atoms with Gasteiger partial charge in [0.15, 0.2) is 18.2 Å². The zero-order valence-electron chi connectivity index (χ0n) is 12.0. The van der Waals surface area contributed by atoms with Gasteiger partial charge in [0, 0.05) is 22.3 Å². The molecule has 110 valence electrons. The standard InChI is InChI=1S/C14H15N3O4/c1-9-12(8-21-15-17(20)16(2)3)14(19)11-7-5-4-6-10(11)13(9)18/h4-7H,8H2,1-3H3/b17-15-. The first-order chi connectivity index (χ1) is 9.93. The second-order valence-electron chi connectivity index (χ2n) is 4.76. The van der Waals surface area contributed by atoms with Gasteiger partial charge in [-0.15, -0.1) is 0 Å². The van der Waals surface area contributed by atoms with Crippen molar-refractivity contribution >= 4 is 11.6 Å². The van der Waals surface area contributed by atoms with Crippen molar-refractivity contribution in [3.8, 4) is 0 Å². The number of hydrazine groups is 1. The first kappa shape index (κ1) is 14.7. The van der Waals surface area contributed by atoms with Gasteiger partial charge in [-0.1, -0.05) is 24.3 Å². The Morgan fingerprint density at radius 1 is 1.19 bits per heavy atom. The lowest BCUT2D eigenvalue weighted by Gasteiger charge is -2.17. The highest BCUT2D eigenvalue weighted by Crippen LogP contribution is 2.26. The second-order valence-corrected chi connectivity index (χ2v) is 4.76. The molecule has 0 saturated heterocycles. The molecule has 0 aromatic heterocycles. The Labute approximate surface area is 121 Å². The number of fused-ring (bicyclic) bond motifs is 1. The van der Waals surface area contributed by atoms with Crippen LogP contribution in [0.15, 0.2) is 40.7 Å². The van der Waals surface area contributed by atoms with Crippen LogP contribution in [0.3, 0.4) is 0 Å². The van der Waals surface area contributed by atoms with Crippen molar-refractivity contribution < 1.29 is 19.4 Å². The summed E-state index contributed by atoms with van der Waals surface area (Å²) in [7, 11) is 2.99. The SMILES string of the molecule is CC1=C(CO/N=[N+](\[O-])N(C)C)C(=O)c2ccccc2C1=O. The Morgan fingerprint density at radius 2 is 1.76 bits per heavy atom. The van der Waals surface area contributed by atoms with Crippen LogP contribution in [-0.4, -0.2) is 42.2 Å². The van der Waals surface area contributed by atoms with E-state index < -0.39 is 0 Å². The third-order valence-electron chi connectivity index (χ3n) is 3.16. The maximum Gasteiger partial charge on any atom is 0.233 e. The van der Waals surface area contributed by atoms with Gasteiger partial charge >= 0.3 is 0 Å². The number of hydrogen-bond donors (Lipinski definition) is 0. The zero-order chi connectivity index (χ0) is 15.6. The zero-order valence-corrected chi connectivity index (χ0v) is 12.0. The summed E-state index contributed by atoms with van der Waals surface area (Å²) in [6.07, 6.45) is 0. The van der Waals surface area contributed by atoms with E-state index in [0.29, 0.717) is 16.7 Å². The number of benzene rings is 1. The van der Waals surface area contributed by atoms with Crippen molar-refractivity contribution in [1.82, 2.24) is 5.01 Å². The van der Waals surface area contributed by atoms with Crippen molar-refractivity contribution in [3.63, 3.8) is 0 Å². The minimum atomic E-state index is -0.278. The van der Waals surface area contributed by atoms with Gasteiger partial charge in [-0.3, -0.25) is 9.59 Å². The molecule has 1 aliphatic carbocycles. The first-order valence-electron chi connectivity index (χ1n) is 6.29. The molecule has 21 heavy (non-hydrogen) atoms.